The summed E-state index contributed by atoms with van der Waals surface area (Å²) in [5.74, 6) is -0.0282. The lowest BCUT2D eigenvalue weighted by Gasteiger charge is -2.56. The lowest BCUT2D eigenvalue weighted by molar-refractivity contribution is -0.155. The summed E-state index contributed by atoms with van der Waals surface area (Å²) in [6, 6.07) is 3.09. The zero-order valence-electron chi connectivity index (χ0n) is 15.2. The number of aromatic nitrogens is 2. The van der Waals surface area contributed by atoms with Crippen molar-refractivity contribution in [3.8, 4) is 0 Å². The maximum absolute atomic E-state index is 12.9. The molecule has 7 nitrogen and oxygen atoms in total. The topological polar surface area (TPSA) is 75.5 Å². The van der Waals surface area contributed by atoms with Gasteiger partial charge in [0.1, 0.15) is 6.54 Å². The largest absolute Gasteiger partial charge is 0.336 e. The minimum atomic E-state index is -0.316. The molecule has 0 unspecified atom stereocenters. The van der Waals surface area contributed by atoms with Crippen LogP contribution in [-0.4, -0.2) is 56.1 Å². The highest BCUT2D eigenvalue weighted by Gasteiger charge is 2.49. The van der Waals surface area contributed by atoms with Crippen LogP contribution in [0.3, 0.4) is 0 Å². The monoisotopic (exact) mass is 346 g/mol. The lowest BCUT2D eigenvalue weighted by atomic mass is 9.76. The van der Waals surface area contributed by atoms with Gasteiger partial charge in [-0.05, 0) is 45.6 Å². The molecule has 2 aliphatic rings. The minimum absolute atomic E-state index is 0.00640. The molecule has 2 aliphatic heterocycles. The van der Waals surface area contributed by atoms with Crippen molar-refractivity contribution in [1.29, 1.82) is 0 Å². The Kier molecular flexibility index (Phi) is 4.67. The molecule has 0 aliphatic carbocycles. The van der Waals surface area contributed by atoms with Gasteiger partial charge in [0.15, 0.2) is 0 Å². The molecule has 2 atom stereocenters. The van der Waals surface area contributed by atoms with E-state index < -0.39 is 0 Å². The highest BCUT2D eigenvalue weighted by atomic mass is 16.2. The molecule has 7 heteroatoms. The van der Waals surface area contributed by atoms with Crippen LogP contribution in [0, 0.1) is 6.92 Å². The minimum Gasteiger partial charge on any atom is -0.336 e. The molecular weight excluding hydrogens is 320 g/mol. The summed E-state index contributed by atoms with van der Waals surface area (Å²) in [7, 11) is 0. The molecular formula is C18H26N4O3. The molecule has 25 heavy (non-hydrogen) atoms. The number of piperidine rings is 2. The van der Waals surface area contributed by atoms with Gasteiger partial charge in [0.05, 0.1) is 17.3 Å². The molecule has 1 aromatic rings. The van der Waals surface area contributed by atoms with Gasteiger partial charge in [-0.3, -0.25) is 14.4 Å². The first-order valence-electron chi connectivity index (χ1n) is 8.95. The van der Waals surface area contributed by atoms with E-state index in [-0.39, 0.29) is 35.5 Å². The average Bonchev–Trinajstić information content (AvgIpc) is 2.56. The van der Waals surface area contributed by atoms with Crippen molar-refractivity contribution < 1.29 is 9.59 Å². The molecule has 0 saturated carbocycles. The zero-order chi connectivity index (χ0) is 18.2. The zero-order valence-corrected chi connectivity index (χ0v) is 15.2. The second kappa shape index (κ2) is 6.61. The third-order valence-corrected chi connectivity index (χ3v) is 5.64. The van der Waals surface area contributed by atoms with E-state index in [1.165, 1.54) is 10.7 Å². The van der Waals surface area contributed by atoms with Crippen LogP contribution in [0.15, 0.2) is 16.9 Å². The molecule has 0 N–H and O–H groups in total. The molecule has 0 radical (unpaired) electrons. The number of aryl methyl sites for hydroxylation is 1. The van der Waals surface area contributed by atoms with Crippen molar-refractivity contribution >= 4 is 11.8 Å². The quantitative estimate of drug-likeness (QED) is 0.799. The Bertz CT molecular complexity index is 744. The summed E-state index contributed by atoms with van der Waals surface area (Å²) in [5.41, 5.74) is 0.118. The van der Waals surface area contributed by atoms with Gasteiger partial charge in [-0.2, -0.15) is 5.10 Å². The van der Waals surface area contributed by atoms with Crippen molar-refractivity contribution in [1.82, 2.24) is 19.6 Å². The van der Waals surface area contributed by atoms with Gasteiger partial charge in [0.2, 0.25) is 11.8 Å². The predicted molar refractivity (Wildman–Crippen MR) is 93.0 cm³/mol. The highest BCUT2D eigenvalue weighted by Crippen LogP contribution is 2.39. The molecule has 0 aromatic carbocycles. The van der Waals surface area contributed by atoms with E-state index in [9.17, 15) is 14.4 Å². The van der Waals surface area contributed by atoms with Gasteiger partial charge in [-0.1, -0.05) is 0 Å². The molecule has 3 rings (SSSR count). The first kappa shape index (κ1) is 17.6. The number of hydrogen-bond acceptors (Lipinski definition) is 4. The van der Waals surface area contributed by atoms with Crippen molar-refractivity contribution in [3.63, 3.8) is 0 Å². The third-order valence-electron chi connectivity index (χ3n) is 5.64. The summed E-state index contributed by atoms with van der Waals surface area (Å²) >= 11 is 0. The predicted octanol–water partition coefficient (Wildman–Crippen LogP) is 0.944. The summed E-state index contributed by atoms with van der Waals surface area (Å²) < 4.78 is 1.23. The number of amides is 2. The van der Waals surface area contributed by atoms with Crippen molar-refractivity contribution in [2.75, 3.05) is 13.1 Å². The van der Waals surface area contributed by atoms with E-state index in [0.29, 0.717) is 12.2 Å². The van der Waals surface area contributed by atoms with Crippen LogP contribution in [0.4, 0.5) is 0 Å². The van der Waals surface area contributed by atoms with Crippen molar-refractivity contribution in [3.05, 3.63) is 28.2 Å². The number of likely N-dealkylation sites (tertiary alicyclic amines) is 2. The average molecular weight is 346 g/mol. The number of rotatable bonds is 2. The van der Waals surface area contributed by atoms with Gasteiger partial charge < -0.3 is 9.80 Å². The van der Waals surface area contributed by atoms with Gasteiger partial charge in [0, 0.05) is 26.1 Å². The molecule has 3 heterocycles. The van der Waals surface area contributed by atoms with E-state index in [1.54, 1.807) is 19.9 Å². The van der Waals surface area contributed by atoms with E-state index in [0.717, 1.165) is 32.2 Å². The van der Waals surface area contributed by atoms with E-state index in [1.807, 2.05) is 9.80 Å². The second-order valence-electron chi connectivity index (χ2n) is 7.35. The molecule has 0 spiro atoms. The van der Waals surface area contributed by atoms with Crippen LogP contribution in [0.5, 0.6) is 0 Å². The molecule has 136 valence electrons. The highest BCUT2D eigenvalue weighted by molar-refractivity contribution is 5.78. The van der Waals surface area contributed by atoms with Crippen LogP contribution >= 0.6 is 0 Å². The Morgan fingerprint density at radius 1 is 1.28 bits per heavy atom. The first-order chi connectivity index (χ1) is 11.8. The van der Waals surface area contributed by atoms with Gasteiger partial charge >= 0.3 is 0 Å². The number of nitrogens with zero attached hydrogens (tertiary/aromatic N) is 4. The normalized spacial score (nSPS) is 26.3. The van der Waals surface area contributed by atoms with Crippen molar-refractivity contribution in [2.24, 2.45) is 0 Å². The van der Waals surface area contributed by atoms with E-state index >= 15 is 0 Å². The Morgan fingerprint density at radius 2 is 2.04 bits per heavy atom. The fourth-order valence-electron chi connectivity index (χ4n) is 4.44. The Hall–Kier alpha value is -2.18. The van der Waals surface area contributed by atoms with Crippen LogP contribution in [0.25, 0.3) is 0 Å². The summed E-state index contributed by atoms with van der Waals surface area (Å²) in [6.45, 7) is 6.87. The Labute approximate surface area is 147 Å². The third kappa shape index (κ3) is 3.19. The van der Waals surface area contributed by atoms with Gasteiger partial charge in [0.25, 0.3) is 5.56 Å². The number of carbonyl (C=O) groups excluding carboxylic acids is 2. The lowest BCUT2D eigenvalue weighted by Crippen LogP contribution is -2.68. The number of fused-ring (bicyclic) bond motifs is 1. The molecule has 0 bridgehead atoms. The maximum Gasteiger partial charge on any atom is 0.267 e. The standard InChI is InChI=1S/C18H26N4O3/c1-13-7-8-16(24)22(19-13)12-17(25)20-10-5-9-18(3)15(20)6-4-11-21(18)14(2)23/h7-8,15H,4-6,9-12H2,1-3H3/t15-,18+/m1/s1. The SMILES string of the molecule is CC(=O)N1CCC[C@H]2N(C(=O)Cn3nc(C)ccc3=O)CCC[C@@]21C. The Morgan fingerprint density at radius 3 is 2.76 bits per heavy atom. The smallest absolute Gasteiger partial charge is 0.267 e. The summed E-state index contributed by atoms with van der Waals surface area (Å²) in [6.07, 6.45) is 3.55. The van der Waals surface area contributed by atoms with E-state index in [4.69, 9.17) is 0 Å². The fraction of sp³-hybridized carbons (Fsp3) is 0.667. The van der Waals surface area contributed by atoms with Crippen LogP contribution in [0.2, 0.25) is 0 Å². The maximum atomic E-state index is 12.9. The summed E-state index contributed by atoms with van der Waals surface area (Å²) in [5, 5.41) is 4.16. The molecule has 2 amide bonds. The molecule has 2 fully saturated rings. The van der Waals surface area contributed by atoms with Crippen LogP contribution in [-0.2, 0) is 16.1 Å². The van der Waals surface area contributed by atoms with Crippen molar-refractivity contribution in [2.45, 2.75) is 64.6 Å². The number of hydrogen-bond donors (Lipinski definition) is 0. The van der Waals surface area contributed by atoms with Crippen LogP contribution < -0.4 is 5.56 Å². The Balaban J connectivity index is 1.84. The van der Waals surface area contributed by atoms with Crippen LogP contribution in [0.1, 0.15) is 45.2 Å². The first-order valence-corrected chi connectivity index (χ1v) is 8.95. The fourth-order valence-corrected chi connectivity index (χ4v) is 4.44. The summed E-state index contributed by atoms with van der Waals surface area (Å²) in [4.78, 5) is 40.8. The van der Waals surface area contributed by atoms with E-state index in [2.05, 4.69) is 12.0 Å². The molecule has 1 aromatic heterocycles. The number of carbonyl (C=O) groups is 2. The van der Waals surface area contributed by atoms with Gasteiger partial charge in [-0.25, -0.2) is 4.68 Å². The second-order valence-corrected chi connectivity index (χ2v) is 7.35. The molecule has 2 saturated heterocycles. The van der Waals surface area contributed by atoms with Gasteiger partial charge in [-0.15, -0.1) is 0 Å².